The Morgan fingerprint density at radius 1 is 1.12 bits per heavy atom. The van der Waals surface area contributed by atoms with E-state index in [9.17, 15) is 18.0 Å². The van der Waals surface area contributed by atoms with Crippen molar-refractivity contribution in [2.45, 2.75) is 76.6 Å². The van der Waals surface area contributed by atoms with Crippen molar-refractivity contribution in [1.82, 2.24) is 4.72 Å². The standard InChI is InChI=1S/C37H47ClN2O7S/c1-5-45-35(41)20-46-33-14-8-23(2)24(3)25(4)48(43,44)39-36(42)27-10-15-34-32(18-27)40(19-28-9-12-30(28)33)21-37(22-47-34)16-6-7-26-17-29(38)11-13-31(26)37/h8,10-11,13-15,17-18,23-25,28,30,33H,5-7,9,12,16,19-22H2,1-4H3,(H,39,42)/b14-8-/t23-,24-,25+,28-,30+,33-,37-/m0/s1. The summed E-state index contributed by atoms with van der Waals surface area (Å²) in [4.78, 5) is 28.2. The van der Waals surface area contributed by atoms with Gasteiger partial charge in [0.15, 0.2) is 0 Å². The number of carbonyl (C=O) groups is 2. The number of carbonyl (C=O) groups excluding carboxylic acids is 2. The molecule has 4 aliphatic rings. The Morgan fingerprint density at radius 3 is 2.69 bits per heavy atom. The molecule has 2 aliphatic carbocycles. The molecule has 0 saturated heterocycles. The van der Waals surface area contributed by atoms with Crippen LogP contribution in [0.5, 0.6) is 5.75 Å². The third kappa shape index (κ3) is 6.98. The predicted octanol–water partition coefficient (Wildman–Crippen LogP) is 6.08. The number of allylic oxidation sites excluding steroid dienone is 1. The van der Waals surface area contributed by atoms with Crippen molar-refractivity contribution < 1.29 is 32.2 Å². The molecule has 1 spiro atoms. The highest BCUT2D eigenvalue weighted by molar-refractivity contribution is 7.90. The summed E-state index contributed by atoms with van der Waals surface area (Å²) in [5.41, 5.74) is 3.20. The van der Waals surface area contributed by atoms with Crippen molar-refractivity contribution in [3.63, 3.8) is 0 Å². The fourth-order valence-electron chi connectivity index (χ4n) is 7.93. The molecule has 11 heteroatoms. The molecule has 2 bridgehead atoms. The van der Waals surface area contributed by atoms with Gasteiger partial charge in [-0.2, -0.15) is 0 Å². The number of sulfonamides is 1. The molecule has 1 amide bonds. The zero-order chi connectivity index (χ0) is 34.2. The molecule has 260 valence electrons. The highest BCUT2D eigenvalue weighted by Crippen LogP contribution is 2.47. The van der Waals surface area contributed by atoms with Gasteiger partial charge < -0.3 is 19.1 Å². The SMILES string of the molecule is CCOC(=O)CO[C@H]1/C=C\[C@H](C)[C@H](C)[C@@H](C)S(=O)(=O)NC(=O)c2ccc3c(c2)N(C[C@@H]2CC[C@H]21)C[C@@]1(CCCc2cc(Cl)ccc21)CO3. The van der Waals surface area contributed by atoms with Crippen LogP contribution in [0.4, 0.5) is 5.69 Å². The quantitative estimate of drug-likeness (QED) is 0.302. The zero-order valence-corrected chi connectivity index (χ0v) is 29.8. The Morgan fingerprint density at radius 2 is 1.94 bits per heavy atom. The van der Waals surface area contributed by atoms with Gasteiger partial charge in [0.05, 0.1) is 30.3 Å². The summed E-state index contributed by atoms with van der Waals surface area (Å²) in [6.07, 6.45) is 8.47. The van der Waals surface area contributed by atoms with Crippen LogP contribution >= 0.6 is 11.6 Å². The first-order chi connectivity index (χ1) is 22.9. The van der Waals surface area contributed by atoms with Gasteiger partial charge >= 0.3 is 5.97 Å². The number of nitrogens with one attached hydrogen (secondary N) is 1. The Balaban J connectivity index is 1.41. The molecular formula is C37H47ClN2O7S. The van der Waals surface area contributed by atoms with E-state index >= 15 is 0 Å². The maximum absolute atomic E-state index is 13.5. The van der Waals surface area contributed by atoms with Gasteiger partial charge in [-0.15, -0.1) is 0 Å². The number of aryl methyl sites for hydroxylation is 1. The highest BCUT2D eigenvalue weighted by Gasteiger charge is 2.45. The lowest BCUT2D eigenvalue weighted by Gasteiger charge is -2.46. The summed E-state index contributed by atoms with van der Waals surface area (Å²) >= 11 is 6.43. The van der Waals surface area contributed by atoms with E-state index in [0.29, 0.717) is 25.4 Å². The second kappa shape index (κ2) is 14.0. The number of fused-ring (bicyclic) bond motifs is 4. The third-order valence-electron chi connectivity index (χ3n) is 11.3. The zero-order valence-electron chi connectivity index (χ0n) is 28.2. The van der Waals surface area contributed by atoms with E-state index in [1.54, 1.807) is 32.0 Å². The van der Waals surface area contributed by atoms with Crippen LogP contribution in [0.15, 0.2) is 48.6 Å². The Labute approximate surface area is 289 Å². The summed E-state index contributed by atoms with van der Waals surface area (Å²) < 4.78 is 47.3. The molecule has 2 aliphatic heterocycles. The number of nitrogens with zero attached hydrogens (tertiary/aromatic N) is 1. The van der Waals surface area contributed by atoms with Gasteiger partial charge in [-0.3, -0.25) is 4.79 Å². The van der Waals surface area contributed by atoms with Crippen molar-refractivity contribution in [2.75, 3.05) is 37.8 Å². The van der Waals surface area contributed by atoms with Crippen LogP contribution in [-0.4, -0.2) is 64.6 Å². The van der Waals surface area contributed by atoms with E-state index in [2.05, 4.69) is 21.8 Å². The second-order valence-electron chi connectivity index (χ2n) is 14.2. The summed E-state index contributed by atoms with van der Waals surface area (Å²) in [7, 11) is -4.00. The predicted molar refractivity (Wildman–Crippen MR) is 186 cm³/mol. The van der Waals surface area contributed by atoms with E-state index in [4.69, 9.17) is 25.8 Å². The van der Waals surface area contributed by atoms with Crippen LogP contribution in [0, 0.1) is 23.7 Å². The lowest BCUT2D eigenvalue weighted by Crippen LogP contribution is -2.50. The fourth-order valence-corrected chi connectivity index (χ4v) is 9.50. The van der Waals surface area contributed by atoms with E-state index in [1.807, 2.05) is 32.1 Å². The number of hydrogen-bond acceptors (Lipinski definition) is 8. The minimum Gasteiger partial charge on any atom is -0.490 e. The number of esters is 1. The van der Waals surface area contributed by atoms with Crippen molar-refractivity contribution in [3.8, 4) is 5.75 Å². The smallest absolute Gasteiger partial charge is 0.332 e. The van der Waals surface area contributed by atoms with Crippen molar-refractivity contribution in [3.05, 3.63) is 70.3 Å². The number of benzene rings is 2. The number of rotatable bonds is 4. The van der Waals surface area contributed by atoms with Crippen molar-refractivity contribution in [2.24, 2.45) is 23.7 Å². The molecule has 0 aromatic heterocycles. The molecular weight excluding hydrogens is 652 g/mol. The van der Waals surface area contributed by atoms with Gasteiger partial charge in [0.2, 0.25) is 10.0 Å². The topological polar surface area (TPSA) is 111 Å². The Hall–Kier alpha value is -3.08. The lowest BCUT2D eigenvalue weighted by molar-refractivity contribution is -0.151. The van der Waals surface area contributed by atoms with Crippen LogP contribution in [-0.2, 0) is 36.1 Å². The van der Waals surface area contributed by atoms with E-state index < -0.39 is 27.1 Å². The first-order valence-electron chi connectivity index (χ1n) is 17.2. The molecule has 0 radical (unpaired) electrons. The van der Waals surface area contributed by atoms with Crippen LogP contribution in [0.3, 0.4) is 0 Å². The van der Waals surface area contributed by atoms with Gasteiger partial charge in [0.25, 0.3) is 5.91 Å². The summed E-state index contributed by atoms with van der Waals surface area (Å²) in [6.45, 7) is 9.19. The Kier molecular flexibility index (Phi) is 10.2. The molecule has 7 atom stereocenters. The van der Waals surface area contributed by atoms with E-state index in [-0.39, 0.29) is 54.0 Å². The number of ether oxygens (including phenoxy) is 3. The molecule has 0 unspecified atom stereocenters. The fraction of sp³-hybridized carbons (Fsp3) is 0.568. The first-order valence-corrected chi connectivity index (χ1v) is 19.2. The third-order valence-corrected chi connectivity index (χ3v) is 13.4. The molecule has 2 heterocycles. The number of halogens is 1. The van der Waals surface area contributed by atoms with Crippen molar-refractivity contribution in [1.29, 1.82) is 0 Å². The average molecular weight is 699 g/mol. The van der Waals surface area contributed by atoms with Gasteiger partial charge in [0, 0.05) is 29.1 Å². The number of amides is 1. The first kappa shape index (κ1) is 34.8. The Bertz CT molecular complexity index is 1680. The molecule has 1 N–H and O–H groups in total. The normalized spacial score (nSPS) is 32.0. The molecule has 48 heavy (non-hydrogen) atoms. The summed E-state index contributed by atoms with van der Waals surface area (Å²) in [5.74, 6) is -0.457. The molecule has 9 nitrogen and oxygen atoms in total. The van der Waals surface area contributed by atoms with Crippen LogP contribution < -0.4 is 14.4 Å². The second-order valence-corrected chi connectivity index (χ2v) is 16.6. The average Bonchev–Trinajstić information content (AvgIpc) is 3.19. The monoisotopic (exact) mass is 698 g/mol. The molecule has 6 rings (SSSR count). The van der Waals surface area contributed by atoms with Crippen LogP contribution in [0.25, 0.3) is 0 Å². The summed E-state index contributed by atoms with van der Waals surface area (Å²) in [6, 6.07) is 11.4. The van der Waals surface area contributed by atoms with Crippen LogP contribution in [0.1, 0.15) is 74.9 Å². The maximum Gasteiger partial charge on any atom is 0.332 e. The molecule has 2 aromatic carbocycles. The van der Waals surface area contributed by atoms with Crippen LogP contribution in [0.2, 0.25) is 5.02 Å². The van der Waals surface area contributed by atoms with Crippen molar-refractivity contribution >= 4 is 39.2 Å². The van der Waals surface area contributed by atoms with E-state index in [0.717, 1.165) is 42.8 Å². The minimum absolute atomic E-state index is 0.139. The van der Waals surface area contributed by atoms with Gasteiger partial charge in [-0.25, -0.2) is 17.9 Å². The largest absolute Gasteiger partial charge is 0.490 e. The summed E-state index contributed by atoms with van der Waals surface area (Å²) in [5, 5.41) is -0.124. The van der Waals surface area contributed by atoms with Gasteiger partial charge in [-0.1, -0.05) is 43.7 Å². The number of anilines is 1. The van der Waals surface area contributed by atoms with Gasteiger partial charge in [0.1, 0.15) is 12.4 Å². The number of hydrogen-bond donors (Lipinski definition) is 1. The lowest BCUT2D eigenvalue weighted by atomic mass is 9.68. The minimum atomic E-state index is -4.00. The maximum atomic E-state index is 13.5. The highest BCUT2D eigenvalue weighted by atomic mass is 35.5. The molecule has 1 fully saturated rings. The molecule has 1 saturated carbocycles. The van der Waals surface area contributed by atoms with E-state index in [1.165, 1.54) is 11.1 Å². The van der Waals surface area contributed by atoms with Gasteiger partial charge in [-0.05, 0) is 111 Å². The molecule has 2 aromatic rings.